The minimum Gasteiger partial charge on any atom is -0.481 e. The number of carbonyl (C=O) groups is 4. The molecule has 6 heteroatoms. The van der Waals surface area contributed by atoms with E-state index in [-0.39, 0.29) is 18.6 Å². The van der Waals surface area contributed by atoms with Gasteiger partial charge in [0.15, 0.2) is 5.78 Å². The first-order valence-corrected chi connectivity index (χ1v) is 9.86. The van der Waals surface area contributed by atoms with Gasteiger partial charge in [-0.3, -0.25) is 19.2 Å². The Bertz CT molecular complexity index is 827. The van der Waals surface area contributed by atoms with Crippen LogP contribution in [0.4, 0.5) is 0 Å². The summed E-state index contributed by atoms with van der Waals surface area (Å²) in [5.74, 6) is -4.03. The second-order valence-corrected chi connectivity index (χ2v) is 7.11. The summed E-state index contributed by atoms with van der Waals surface area (Å²) in [5, 5.41) is 17.7. The fourth-order valence-electron chi connectivity index (χ4n) is 2.91. The molecule has 2 aromatic carbocycles. The van der Waals surface area contributed by atoms with Gasteiger partial charge in [-0.15, -0.1) is 0 Å². The molecule has 0 spiro atoms. The predicted octanol–water partition coefficient (Wildman–Crippen LogP) is 4.52. The molecule has 2 unspecified atom stereocenters. The van der Waals surface area contributed by atoms with Gasteiger partial charge in [-0.1, -0.05) is 74.9 Å². The van der Waals surface area contributed by atoms with Crippen LogP contribution in [0.3, 0.4) is 0 Å². The molecule has 6 nitrogen and oxygen atoms in total. The number of Topliss-reactive ketones (excluding diaryl/α,β-unsaturated/α-hetero) is 1. The zero-order chi connectivity index (χ0) is 22.5. The lowest BCUT2D eigenvalue weighted by molar-refractivity contribution is -0.143. The van der Waals surface area contributed by atoms with Crippen LogP contribution in [0.1, 0.15) is 59.4 Å². The summed E-state index contributed by atoms with van der Waals surface area (Å²) >= 11 is 0. The fraction of sp³-hybridized carbons (Fsp3) is 0.333. The molecule has 0 aliphatic heterocycles. The number of ketones is 1. The van der Waals surface area contributed by atoms with Crippen molar-refractivity contribution in [3.05, 3.63) is 71.3 Å². The fourth-order valence-corrected chi connectivity index (χ4v) is 2.91. The third kappa shape index (κ3) is 8.82. The third-order valence-corrected chi connectivity index (χ3v) is 4.56. The normalized spacial score (nSPS) is 12.1. The molecule has 0 aromatic heterocycles. The SMILES string of the molecule is CC(CC(CC(=O)O)C(=O)c1ccccc1)C(=O)O.CCCc1ccc(C=O)cc1. The molecular weight excluding hydrogens is 384 g/mol. The number of aliphatic carboxylic acids is 2. The Morgan fingerprint density at radius 3 is 2.03 bits per heavy atom. The molecule has 2 atom stereocenters. The van der Waals surface area contributed by atoms with E-state index in [0.29, 0.717) is 5.56 Å². The summed E-state index contributed by atoms with van der Waals surface area (Å²) < 4.78 is 0. The highest BCUT2D eigenvalue weighted by molar-refractivity contribution is 5.99. The lowest BCUT2D eigenvalue weighted by Crippen LogP contribution is -2.24. The number of carbonyl (C=O) groups excluding carboxylic acids is 2. The van der Waals surface area contributed by atoms with Gasteiger partial charge in [-0.25, -0.2) is 0 Å². The Morgan fingerprint density at radius 2 is 1.57 bits per heavy atom. The number of carboxylic acids is 2. The van der Waals surface area contributed by atoms with Gasteiger partial charge in [0.25, 0.3) is 0 Å². The highest BCUT2D eigenvalue weighted by Gasteiger charge is 2.27. The maximum Gasteiger partial charge on any atom is 0.306 e. The van der Waals surface area contributed by atoms with E-state index < -0.39 is 23.8 Å². The first-order chi connectivity index (χ1) is 14.3. The van der Waals surface area contributed by atoms with Crippen molar-refractivity contribution in [2.45, 2.75) is 39.5 Å². The van der Waals surface area contributed by atoms with Gasteiger partial charge >= 0.3 is 11.9 Å². The number of hydrogen-bond donors (Lipinski definition) is 2. The molecule has 0 fully saturated rings. The minimum absolute atomic E-state index is 0.0232. The van der Waals surface area contributed by atoms with Crippen LogP contribution in [0.25, 0.3) is 0 Å². The van der Waals surface area contributed by atoms with Crippen molar-refractivity contribution in [1.29, 1.82) is 0 Å². The van der Waals surface area contributed by atoms with Crippen LogP contribution in [0.2, 0.25) is 0 Å². The first kappa shape index (κ1) is 24.8. The summed E-state index contributed by atoms with van der Waals surface area (Å²) in [6.45, 7) is 3.61. The Hall–Kier alpha value is -3.28. The summed E-state index contributed by atoms with van der Waals surface area (Å²) in [7, 11) is 0. The van der Waals surface area contributed by atoms with Gasteiger partial charge in [0.05, 0.1) is 12.3 Å². The molecule has 0 radical (unpaired) electrons. The van der Waals surface area contributed by atoms with Crippen molar-refractivity contribution >= 4 is 24.0 Å². The van der Waals surface area contributed by atoms with Crippen LogP contribution in [0.15, 0.2) is 54.6 Å². The molecule has 2 rings (SSSR count). The molecule has 0 saturated carbocycles. The van der Waals surface area contributed by atoms with Crippen molar-refractivity contribution in [2.75, 3.05) is 0 Å². The lowest BCUT2D eigenvalue weighted by atomic mass is 9.87. The number of hydrogen-bond acceptors (Lipinski definition) is 4. The van der Waals surface area contributed by atoms with Gasteiger partial charge in [0, 0.05) is 17.0 Å². The van der Waals surface area contributed by atoms with Gasteiger partial charge < -0.3 is 10.2 Å². The largest absolute Gasteiger partial charge is 0.481 e. The molecule has 0 heterocycles. The standard InChI is InChI=1S/C14H16O5.C10H12O/c1-9(14(18)19)7-11(8-12(15)16)13(17)10-5-3-2-4-6-10;1-2-3-9-4-6-10(8-11)7-5-9/h2-6,9,11H,7-8H2,1H3,(H,15,16)(H,18,19);4-8H,2-3H2,1H3. The number of carboxylic acid groups (broad SMARTS) is 2. The average molecular weight is 412 g/mol. The third-order valence-electron chi connectivity index (χ3n) is 4.56. The van der Waals surface area contributed by atoms with Crippen LogP contribution in [0.5, 0.6) is 0 Å². The molecule has 0 bridgehead atoms. The second-order valence-electron chi connectivity index (χ2n) is 7.11. The minimum atomic E-state index is -1.10. The molecule has 0 saturated heterocycles. The van der Waals surface area contributed by atoms with Crippen molar-refractivity contribution in [1.82, 2.24) is 0 Å². The van der Waals surface area contributed by atoms with Gasteiger partial charge in [0.2, 0.25) is 0 Å². The van der Waals surface area contributed by atoms with Crippen molar-refractivity contribution < 1.29 is 29.4 Å². The Kier molecular flexibility index (Phi) is 10.8. The number of aryl methyl sites for hydroxylation is 1. The van der Waals surface area contributed by atoms with Crippen LogP contribution in [-0.2, 0) is 16.0 Å². The molecule has 30 heavy (non-hydrogen) atoms. The summed E-state index contributed by atoms with van der Waals surface area (Å²) in [6, 6.07) is 16.1. The molecule has 2 aromatic rings. The zero-order valence-corrected chi connectivity index (χ0v) is 17.3. The van der Waals surface area contributed by atoms with Crippen LogP contribution in [-0.4, -0.2) is 34.2 Å². The quantitative estimate of drug-likeness (QED) is 0.439. The molecule has 2 N–H and O–H groups in total. The molecule has 160 valence electrons. The summed E-state index contributed by atoms with van der Waals surface area (Å²) in [5.41, 5.74) is 2.47. The van der Waals surface area contributed by atoms with Crippen molar-refractivity contribution in [3.8, 4) is 0 Å². The predicted molar refractivity (Wildman–Crippen MR) is 114 cm³/mol. The van der Waals surface area contributed by atoms with Crippen LogP contribution >= 0.6 is 0 Å². The van der Waals surface area contributed by atoms with E-state index in [2.05, 4.69) is 6.92 Å². The van der Waals surface area contributed by atoms with Gasteiger partial charge in [-0.2, -0.15) is 0 Å². The van der Waals surface area contributed by atoms with Crippen LogP contribution in [0, 0.1) is 11.8 Å². The Morgan fingerprint density at radius 1 is 0.967 bits per heavy atom. The van der Waals surface area contributed by atoms with E-state index in [4.69, 9.17) is 10.2 Å². The number of rotatable bonds is 10. The highest BCUT2D eigenvalue weighted by atomic mass is 16.4. The lowest BCUT2D eigenvalue weighted by Gasteiger charge is -2.16. The second kappa shape index (κ2) is 13.0. The Labute approximate surface area is 176 Å². The van der Waals surface area contributed by atoms with E-state index in [1.165, 1.54) is 12.5 Å². The maximum atomic E-state index is 12.2. The molecule has 0 aliphatic carbocycles. The van der Waals surface area contributed by atoms with Crippen molar-refractivity contribution in [3.63, 3.8) is 0 Å². The van der Waals surface area contributed by atoms with Gasteiger partial charge in [-0.05, 0) is 18.4 Å². The number of aldehydes is 1. The maximum absolute atomic E-state index is 12.2. The zero-order valence-electron chi connectivity index (χ0n) is 17.3. The molecule has 0 aliphatic rings. The van der Waals surface area contributed by atoms with E-state index in [9.17, 15) is 19.2 Å². The highest BCUT2D eigenvalue weighted by Crippen LogP contribution is 2.21. The molecule has 0 amide bonds. The summed E-state index contributed by atoms with van der Waals surface area (Å²) in [4.78, 5) is 44.1. The van der Waals surface area contributed by atoms with Crippen LogP contribution < -0.4 is 0 Å². The van der Waals surface area contributed by atoms with E-state index in [1.54, 1.807) is 30.3 Å². The monoisotopic (exact) mass is 412 g/mol. The van der Waals surface area contributed by atoms with E-state index in [0.717, 1.165) is 24.7 Å². The topological polar surface area (TPSA) is 109 Å². The van der Waals surface area contributed by atoms with Crippen molar-refractivity contribution in [2.24, 2.45) is 11.8 Å². The van der Waals surface area contributed by atoms with E-state index in [1.807, 2.05) is 24.3 Å². The smallest absolute Gasteiger partial charge is 0.306 e. The van der Waals surface area contributed by atoms with Gasteiger partial charge in [0.1, 0.15) is 6.29 Å². The summed E-state index contributed by atoms with van der Waals surface area (Å²) in [6.07, 6.45) is 2.79. The number of benzene rings is 2. The first-order valence-electron chi connectivity index (χ1n) is 9.86. The average Bonchev–Trinajstić information content (AvgIpc) is 2.74. The van der Waals surface area contributed by atoms with E-state index >= 15 is 0 Å². The Balaban J connectivity index is 0.000000346. The molecular formula is C24H28O6.